The van der Waals surface area contributed by atoms with E-state index in [9.17, 15) is 4.21 Å². The Morgan fingerprint density at radius 3 is 1.73 bits per heavy atom. The standard InChI is InChI=1S/C14H12N6OS/c21-22(9-19-13-7-3-1-5-11(13)15-17-19)10-20-14-8-4-2-6-12(14)16-18-20/h1-8H,9-10H2. The van der Waals surface area contributed by atoms with E-state index in [-0.39, 0.29) is 11.8 Å². The summed E-state index contributed by atoms with van der Waals surface area (Å²) in [6, 6.07) is 15.2. The number of para-hydroxylation sites is 2. The van der Waals surface area contributed by atoms with Crippen molar-refractivity contribution >= 4 is 32.9 Å². The molecule has 0 aliphatic heterocycles. The van der Waals surface area contributed by atoms with Crippen LogP contribution in [0.2, 0.25) is 0 Å². The van der Waals surface area contributed by atoms with E-state index in [1.54, 1.807) is 9.36 Å². The molecule has 22 heavy (non-hydrogen) atoms. The third-order valence-corrected chi connectivity index (χ3v) is 4.44. The maximum atomic E-state index is 12.4. The molecule has 0 atom stereocenters. The van der Waals surface area contributed by atoms with Gasteiger partial charge in [-0.2, -0.15) is 0 Å². The van der Waals surface area contributed by atoms with Crippen LogP contribution in [-0.4, -0.2) is 34.2 Å². The van der Waals surface area contributed by atoms with Gasteiger partial charge in [0.15, 0.2) is 0 Å². The van der Waals surface area contributed by atoms with E-state index in [0.29, 0.717) is 0 Å². The van der Waals surface area contributed by atoms with Crippen LogP contribution in [0, 0.1) is 0 Å². The Morgan fingerprint density at radius 1 is 0.773 bits per heavy atom. The molecule has 2 aromatic heterocycles. The van der Waals surface area contributed by atoms with Crippen molar-refractivity contribution in [3.8, 4) is 0 Å². The molecule has 2 heterocycles. The molecule has 0 aliphatic carbocycles. The Hall–Kier alpha value is -2.61. The van der Waals surface area contributed by atoms with Gasteiger partial charge in [0.05, 0.1) is 21.8 Å². The van der Waals surface area contributed by atoms with Gasteiger partial charge in [0.25, 0.3) is 0 Å². The molecule has 7 nitrogen and oxygen atoms in total. The fourth-order valence-electron chi connectivity index (χ4n) is 2.34. The lowest BCUT2D eigenvalue weighted by Gasteiger charge is -2.04. The van der Waals surface area contributed by atoms with Crippen LogP contribution in [0.4, 0.5) is 0 Å². The van der Waals surface area contributed by atoms with Crippen LogP contribution < -0.4 is 0 Å². The average molecular weight is 312 g/mol. The second-order valence-electron chi connectivity index (χ2n) is 4.85. The normalized spacial score (nSPS) is 11.7. The van der Waals surface area contributed by atoms with E-state index in [4.69, 9.17) is 0 Å². The van der Waals surface area contributed by atoms with Gasteiger partial charge < -0.3 is 0 Å². The summed E-state index contributed by atoms with van der Waals surface area (Å²) in [5.74, 6) is 0.545. The van der Waals surface area contributed by atoms with Crippen molar-refractivity contribution < 1.29 is 4.21 Å². The van der Waals surface area contributed by atoms with E-state index in [1.165, 1.54) is 0 Å². The summed E-state index contributed by atoms with van der Waals surface area (Å²) < 4.78 is 15.7. The lowest BCUT2D eigenvalue weighted by molar-refractivity contribution is 0.631. The molecule has 8 heteroatoms. The van der Waals surface area contributed by atoms with Gasteiger partial charge in [0.1, 0.15) is 22.8 Å². The Morgan fingerprint density at radius 2 is 1.23 bits per heavy atom. The van der Waals surface area contributed by atoms with Crippen LogP contribution in [0.5, 0.6) is 0 Å². The Balaban J connectivity index is 1.58. The Bertz CT molecular complexity index is 897. The summed E-state index contributed by atoms with van der Waals surface area (Å²) in [6.45, 7) is 0. The molecule has 0 spiro atoms. The first-order valence-corrected chi connectivity index (χ1v) is 8.21. The third kappa shape index (κ3) is 2.27. The predicted molar refractivity (Wildman–Crippen MR) is 83.2 cm³/mol. The number of nitrogens with zero attached hydrogens (tertiary/aromatic N) is 6. The van der Waals surface area contributed by atoms with Crippen molar-refractivity contribution in [1.82, 2.24) is 30.0 Å². The minimum absolute atomic E-state index is 0.273. The van der Waals surface area contributed by atoms with Crippen LogP contribution in [-0.2, 0) is 22.6 Å². The zero-order chi connectivity index (χ0) is 14.9. The maximum absolute atomic E-state index is 12.4. The highest BCUT2D eigenvalue weighted by Gasteiger charge is 2.10. The molecular formula is C14H12N6OS. The van der Waals surface area contributed by atoms with Crippen LogP contribution in [0.3, 0.4) is 0 Å². The molecule has 0 aliphatic rings. The molecule has 0 amide bonds. The van der Waals surface area contributed by atoms with Crippen molar-refractivity contribution in [2.45, 2.75) is 11.8 Å². The molecule has 0 fully saturated rings. The first-order chi connectivity index (χ1) is 10.8. The monoisotopic (exact) mass is 312 g/mol. The molecule has 0 radical (unpaired) electrons. The van der Waals surface area contributed by atoms with Crippen molar-refractivity contribution in [1.29, 1.82) is 0 Å². The van der Waals surface area contributed by atoms with Crippen molar-refractivity contribution in [2.75, 3.05) is 0 Å². The van der Waals surface area contributed by atoms with Gasteiger partial charge in [-0.3, -0.25) is 4.21 Å². The first kappa shape index (κ1) is 13.1. The maximum Gasteiger partial charge on any atom is 0.120 e. The van der Waals surface area contributed by atoms with E-state index < -0.39 is 10.8 Å². The van der Waals surface area contributed by atoms with Crippen molar-refractivity contribution in [3.63, 3.8) is 0 Å². The van der Waals surface area contributed by atoms with Gasteiger partial charge in [-0.15, -0.1) is 10.2 Å². The number of fused-ring (bicyclic) bond motifs is 2. The zero-order valence-electron chi connectivity index (χ0n) is 11.5. The van der Waals surface area contributed by atoms with Gasteiger partial charge >= 0.3 is 0 Å². The zero-order valence-corrected chi connectivity index (χ0v) is 12.3. The number of benzene rings is 2. The van der Waals surface area contributed by atoms with E-state index in [2.05, 4.69) is 20.6 Å². The minimum atomic E-state index is -1.17. The van der Waals surface area contributed by atoms with Gasteiger partial charge in [0.2, 0.25) is 0 Å². The predicted octanol–water partition coefficient (Wildman–Crippen LogP) is 1.54. The molecule has 110 valence electrons. The van der Waals surface area contributed by atoms with E-state index >= 15 is 0 Å². The topological polar surface area (TPSA) is 78.5 Å². The molecule has 4 rings (SSSR count). The van der Waals surface area contributed by atoms with Gasteiger partial charge in [-0.05, 0) is 24.3 Å². The lowest BCUT2D eigenvalue weighted by atomic mass is 10.3. The highest BCUT2D eigenvalue weighted by molar-refractivity contribution is 7.82. The highest BCUT2D eigenvalue weighted by atomic mass is 32.2. The van der Waals surface area contributed by atoms with Crippen LogP contribution in [0.15, 0.2) is 48.5 Å². The van der Waals surface area contributed by atoms with Crippen molar-refractivity contribution in [3.05, 3.63) is 48.5 Å². The molecule has 2 aromatic carbocycles. The average Bonchev–Trinajstić information content (AvgIpc) is 3.13. The van der Waals surface area contributed by atoms with Gasteiger partial charge in [0, 0.05) is 0 Å². The smallest absolute Gasteiger partial charge is 0.120 e. The second kappa shape index (κ2) is 5.30. The third-order valence-electron chi connectivity index (χ3n) is 3.37. The second-order valence-corrected chi connectivity index (χ2v) is 6.25. The van der Waals surface area contributed by atoms with Gasteiger partial charge in [-0.25, -0.2) is 9.36 Å². The van der Waals surface area contributed by atoms with Crippen molar-refractivity contribution in [2.24, 2.45) is 0 Å². The molecule has 0 saturated heterocycles. The Kier molecular flexibility index (Phi) is 3.15. The molecule has 4 aromatic rings. The summed E-state index contributed by atoms with van der Waals surface area (Å²) in [5.41, 5.74) is 3.34. The fourth-order valence-corrected chi connectivity index (χ4v) is 3.35. The number of rotatable bonds is 4. The fraction of sp³-hybridized carbons (Fsp3) is 0.143. The molecule has 0 saturated carbocycles. The number of hydrogen-bond donors (Lipinski definition) is 0. The highest BCUT2D eigenvalue weighted by Crippen LogP contribution is 2.12. The SMILES string of the molecule is O=S(Cn1nnc2ccccc21)Cn1nnc2ccccc21. The minimum Gasteiger partial charge on any atom is -0.256 e. The summed E-state index contributed by atoms with van der Waals surface area (Å²) in [4.78, 5) is 0. The quantitative estimate of drug-likeness (QED) is 0.571. The van der Waals surface area contributed by atoms with Crippen LogP contribution in [0.1, 0.15) is 0 Å². The summed E-state index contributed by atoms with van der Waals surface area (Å²) >= 11 is 0. The van der Waals surface area contributed by atoms with Crippen LogP contribution >= 0.6 is 0 Å². The summed E-state index contributed by atoms with van der Waals surface area (Å²) in [7, 11) is -1.17. The first-order valence-electron chi connectivity index (χ1n) is 6.73. The summed E-state index contributed by atoms with van der Waals surface area (Å²) in [6.07, 6.45) is 0. The van der Waals surface area contributed by atoms with Crippen LogP contribution in [0.25, 0.3) is 22.1 Å². The number of hydrogen-bond acceptors (Lipinski definition) is 5. The van der Waals surface area contributed by atoms with Gasteiger partial charge in [-0.1, -0.05) is 34.7 Å². The number of aromatic nitrogens is 6. The largest absolute Gasteiger partial charge is 0.256 e. The Labute approximate surface area is 128 Å². The summed E-state index contributed by atoms with van der Waals surface area (Å²) in [5, 5.41) is 16.2. The molecule has 0 N–H and O–H groups in total. The molecular weight excluding hydrogens is 300 g/mol. The molecule has 0 bridgehead atoms. The molecule has 0 unspecified atom stereocenters. The van der Waals surface area contributed by atoms with E-state index in [1.807, 2.05) is 48.5 Å². The lowest BCUT2D eigenvalue weighted by Crippen LogP contribution is -2.13. The van der Waals surface area contributed by atoms with E-state index in [0.717, 1.165) is 22.1 Å².